The highest BCUT2D eigenvalue weighted by atomic mass is 35.5. The lowest BCUT2D eigenvalue weighted by Crippen LogP contribution is -2.33. The van der Waals surface area contributed by atoms with E-state index in [2.05, 4.69) is 5.32 Å². The Hall–Kier alpha value is -0.970. The van der Waals surface area contributed by atoms with Crippen molar-refractivity contribution in [3.63, 3.8) is 0 Å². The molecule has 1 atom stereocenters. The first-order valence-electron chi connectivity index (χ1n) is 4.55. The van der Waals surface area contributed by atoms with Crippen LogP contribution in [-0.4, -0.2) is 22.2 Å². The fourth-order valence-electron chi connectivity index (χ4n) is 1.10. The maximum atomic E-state index is 10.6. The van der Waals surface area contributed by atoms with Crippen LogP contribution in [0, 0.1) is 0 Å². The SMILES string of the molecule is CC(NCc1cc(Cl)cc(Cl)c1O)C(=O)O. The second-order valence-corrected chi connectivity index (χ2v) is 4.18. The lowest BCUT2D eigenvalue weighted by molar-refractivity contribution is -0.139. The van der Waals surface area contributed by atoms with E-state index < -0.39 is 12.0 Å². The summed E-state index contributed by atoms with van der Waals surface area (Å²) >= 11 is 11.5. The summed E-state index contributed by atoms with van der Waals surface area (Å²) in [7, 11) is 0. The van der Waals surface area contributed by atoms with Crippen molar-refractivity contribution < 1.29 is 15.0 Å². The maximum absolute atomic E-state index is 10.6. The lowest BCUT2D eigenvalue weighted by atomic mass is 10.2. The van der Waals surface area contributed by atoms with E-state index in [4.69, 9.17) is 28.3 Å². The highest BCUT2D eigenvalue weighted by molar-refractivity contribution is 6.35. The molecule has 88 valence electrons. The quantitative estimate of drug-likeness (QED) is 0.780. The zero-order valence-electron chi connectivity index (χ0n) is 8.50. The first kappa shape index (κ1) is 13.1. The summed E-state index contributed by atoms with van der Waals surface area (Å²) in [5.74, 6) is -1.05. The van der Waals surface area contributed by atoms with Gasteiger partial charge in [-0.1, -0.05) is 23.2 Å². The minimum absolute atomic E-state index is 0.0869. The van der Waals surface area contributed by atoms with Crippen molar-refractivity contribution in [1.82, 2.24) is 5.32 Å². The largest absolute Gasteiger partial charge is 0.506 e. The molecule has 0 saturated carbocycles. The number of carboxylic acids is 1. The van der Waals surface area contributed by atoms with Gasteiger partial charge in [-0.25, -0.2) is 0 Å². The molecule has 0 spiro atoms. The van der Waals surface area contributed by atoms with Gasteiger partial charge in [0.1, 0.15) is 11.8 Å². The number of carbonyl (C=O) groups is 1. The van der Waals surface area contributed by atoms with Gasteiger partial charge >= 0.3 is 5.97 Å². The predicted octanol–water partition coefficient (Wildman–Crippen LogP) is 2.26. The Labute approximate surface area is 103 Å². The van der Waals surface area contributed by atoms with E-state index in [1.54, 1.807) is 0 Å². The van der Waals surface area contributed by atoms with Gasteiger partial charge in [0.2, 0.25) is 0 Å². The number of rotatable bonds is 4. The third-order valence-electron chi connectivity index (χ3n) is 2.08. The second kappa shape index (κ2) is 5.39. The average Bonchev–Trinajstić information content (AvgIpc) is 2.20. The summed E-state index contributed by atoms with van der Waals surface area (Å²) in [5.41, 5.74) is 0.464. The van der Waals surface area contributed by atoms with Crippen LogP contribution in [0.1, 0.15) is 12.5 Å². The average molecular weight is 264 g/mol. The van der Waals surface area contributed by atoms with Gasteiger partial charge in [-0.3, -0.25) is 4.79 Å². The van der Waals surface area contributed by atoms with E-state index in [-0.39, 0.29) is 17.3 Å². The number of hydrogen-bond donors (Lipinski definition) is 3. The van der Waals surface area contributed by atoms with Crippen molar-refractivity contribution in [2.45, 2.75) is 19.5 Å². The summed E-state index contributed by atoms with van der Waals surface area (Å²) in [4.78, 5) is 10.6. The minimum atomic E-state index is -0.965. The molecule has 0 saturated heterocycles. The molecule has 6 heteroatoms. The van der Waals surface area contributed by atoms with Gasteiger partial charge in [0.25, 0.3) is 0 Å². The number of halogens is 2. The van der Waals surface area contributed by atoms with E-state index in [1.165, 1.54) is 19.1 Å². The van der Waals surface area contributed by atoms with E-state index >= 15 is 0 Å². The Bertz CT molecular complexity index is 409. The molecule has 0 bridgehead atoms. The zero-order valence-corrected chi connectivity index (χ0v) is 10.0. The van der Waals surface area contributed by atoms with Crippen LogP contribution < -0.4 is 5.32 Å². The molecule has 0 aliphatic carbocycles. The van der Waals surface area contributed by atoms with Gasteiger partial charge in [0.15, 0.2) is 0 Å². The van der Waals surface area contributed by atoms with E-state index in [9.17, 15) is 9.90 Å². The molecule has 3 N–H and O–H groups in total. The molecule has 1 aromatic carbocycles. The molecule has 0 aliphatic rings. The fraction of sp³-hybridized carbons (Fsp3) is 0.300. The van der Waals surface area contributed by atoms with E-state index in [1.807, 2.05) is 0 Å². The van der Waals surface area contributed by atoms with Crippen molar-refractivity contribution in [3.8, 4) is 5.75 Å². The lowest BCUT2D eigenvalue weighted by Gasteiger charge is -2.11. The van der Waals surface area contributed by atoms with Gasteiger partial charge < -0.3 is 15.5 Å². The summed E-state index contributed by atoms with van der Waals surface area (Å²) in [6.45, 7) is 1.69. The predicted molar refractivity (Wildman–Crippen MR) is 62.1 cm³/mol. The second-order valence-electron chi connectivity index (χ2n) is 3.34. The molecule has 0 aromatic heterocycles. The monoisotopic (exact) mass is 263 g/mol. The summed E-state index contributed by atoms with van der Waals surface area (Å²) in [6.07, 6.45) is 0. The number of phenols is 1. The number of aliphatic carboxylic acids is 1. The van der Waals surface area contributed by atoms with Crippen LogP contribution in [0.2, 0.25) is 10.0 Å². The van der Waals surface area contributed by atoms with Crippen molar-refractivity contribution >= 4 is 29.2 Å². The highest BCUT2D eigenvalue weighted by Gasteiger charge is 2.12. The normalized spacial score (nSPS) is 12.4. The third-order valence-corrected chi connectivity index (χ3v) is 2.58. The Morgan fingerprint density at radius 3 is 2.69 bits per heavy atom. The molecule has 4 nitrogen and oxygen atoms in total. The Morgan fingerprint density at radius 1 is 1.50 bits per heavy atom. The van der Waals surface area contributed by atoms with Gasteiger partial charge in [0, 0.05) is 17.1 Å². The molecule has 0 aliphatic heterocycles. The summed E-state index contributed by atoms with van der Waals surface area (Å²) in [6, 6.07) is 2.24. The van der Waals surface area contributed by atoms with Gasteiger partial charge in [-0.15, -0.1) is 0 Å². The Kier molecular flexibility index (Phi) is 4.41. The molecule has 0 fully saturated rings. The molecule has 0 radical (unpaired) electrons. The number of carboxylic acid groups (broad SMARTS) is 1. The summed E-state index contributed by atoms with van der Waals surface area (Å²) < 4.78 is 0. The molecule has 1 unspecified atom stereocenters. The minimum Gasteiger partial charge on any atom is -0.506 e. The number of nitrogens with one attached hydrogen (secondary N) is 1. The molecule has 0 amide bonds. The van der Waals surface area contributed by atoms with Crippen LogP contribution >= 0.6 is 23.2 Å². The zero-order chi connectivity index (χ0) is 12.3. The van der Waals surface area contributed by atoms with Crippen molar-refractivity contribution in [1.29, 1.82) is 0 Å². The van der Waals surface area contributed by atoms with Crippen LogP contribution in [-0.2, 0) is 11.3 Å². The Balaban J connectivity index is 2.78. The van der Waals surface area contributed by atoms with Crippen LogP contribution in [0.5, 0.6) is 5.75 Å². The number of benzene rings is 1. The van der Waals surface area contributed by atoms with E-state index in [0.29, 0.717) is 10.6 Å². The first-order chi connectivity index (χ1) is 7.41. The van der Waals surface area contributed by atoms with Gasteiger partial charge in [-0.2, -0.15) is 0 Å². The highest BCUT2D eigenvalue weighted by Crippen LogP contribution is 2.30. The Morgan fingerprint density at radius 2 is 2.12 bits per heavy atom. The summed E-state index contributed by atoms with van der Waals surface area (Å²) in [5, 5.41) is 21.5. The first-order valence-corrected chi connectivity index (χ1v) is 5.30. The fourth-order valence-corrected chi connectivity index (χ4v) is 1.64. The number of hydrogen-bond acceptors (Lipinski definition) is 3. The molecular formula is C10H11Cl2NO3. The standard InChI is InChI=1S/C10H11Cl2NO3/c1-5(10(15)16)13-4-6-2-7(11)3-8(12)9(6)14/h2-3,5,13-14H,4H2,1H3,(H,15,16). The molecule has 1 aromatic rings. The van der Waals surface area contributed by atoms with Crippen molar-refractivity contribution in [3.05, 3.63) is 27.7 Å². The van der Waals surface area contributed by atoms with Crippen LogP contribution in [0.25, 0.3) is 0 Å². The van der Waals surface area contributed by atoms with Gasteiger partial charge in [-0.05, 0) is 19.1 Å². The molecular weight excluding hydrogens is 253 g/mol. The smallest absolute Gasteiger partial charge is 0.320 e. The van der Waals surface area contributed by atoms with Crippen molar-refractivity contribution in [2.75, 3.05) is 0 Å². The van der Waals surface area contributed by atoms with E-state index in [0.717, 1.165) is 0 Å². The number of phenolic OH excluding ortho intramolecular Hbond substituents is 1. The van der Waals surface area contributed by atoms with Crippen LogP contribution in [0.15, 0.2) is 12.1 Å². The molecule has 16 heavy (non-hydrogen) atoms. The van der Waals surface area contributed by atoms with Crippen molar-refractivity contribution in [2.24, 2.45) is 0 Å². The maximum Gasteiger partial charge on any atom is 0.320 e. The molecule has 1 rings (SSSR count). The third kappa shape index (κ3) is 3.27. The molecule has 0 heterocycles. The van der Waals surface area contributed by atoms with Crippen LogP contribution in [0.4, 0.5) is 0 Å². The number of aromatic hydroxyl groups is 1. The van der Waals surface area contributed by atoms with Gasteiger partial charge in [0.05, 0.1) is 5.02 Å². The topological polar surface area (TPSA) is 69.6 Å². The van der Waals surface area contributed by atoms with Crippen LogP contribution in [0.3, 0.4) is 0 Å².